The van der Waals surface area contributed by atoms with Crippen LogP contribution in [-0.2, 0) is 23.2 Å². The Labute approximate surface area is 130 Å². The minimum Gasteiger partial charge on any atom is -0.496 e. The van der Waals surface area contributed by atoms with Gasteiger partial charge in [-0.1, -0.05) is 36.4 Å². The molecule has 22 heavy (non-hydrogen) atoms. The molecule has 2 aromatic rings. The molecule has 2 rings (SSSR count). The first kappa shape index (κ1) is 16.3. The predicted octanol–water partition coefficient (Wildman–Crippen LogP) is 2.15. The molecule has 0 aliphatic carbocycles. The summed E-state index contributed by atoms with van der Waals surface area (Å²) in [6.07, 6.45) is 1.15. The van der Waals surface area contributed by atoms with Crippen LogP contribution in [0.1, 0.15) is 11.1 Å². The second-order valence-electron chi connectivity index (χ2n) is 4.87. The van der Waals surface area contributed by atoms with Crippen molar-refractivity contribution in [2.24, 2.45) is 0 Å². The number of nitrogens with zero attached hydrogens (tertiary/aromatic N) is 1. The summed E-state index contributed by atoms with van der Waals surface area (Å²) < 4.78 is 30.9. The molecule has 2 aromatic carbocycles. The fourth-order valence-electron chi connectivity index (χ4n) is 2.27. The van der Waals surface area contributed by atoms with Gasteiger partial charge in [-0.15, -0.1) is 0 Å². The summed E-state index contributed by atoms with van der Waals surface area (Å²) in [6.45, 7) is -0.111. The standard InChI is InChI=1S/C16H19NO4S/c1-21-16-10-6-9-15(14(16)12-18)17(22(2,19)20)11-13-7-4-3-5-8-13/h3-10,18H,11-12H2,1-2H3. The van der Waals surface area contributed by atoms with Crippen LogP contribution >= 0.6 is 0 Å². The van der Waals surface area contributed by atoms with E-state index in [1.807, 2.05) is 30.3 Å². The van der Waals surface area contributed by atoms with Crippen molar-refractivity contribution in [1.82, 2.24) is 0 Å². The van der Waals surface area contributed by atoms with E-state index in [2.05, 4.69) is 0 Å². The van der Waals surface area contributed by atoms with Crippen molar-refractivity contribution < 1.29 is 18.3 Å². The average Bonchev–Trinajstić information content (AvgIpc) is 2.51. The van der Waals surface area contributed by atoms with Crippen molar-refractivity contribution in [2.45, 2.75) is 13.2 Å². The number of ether oxygens (including phenoxy) is 1. The number of hydrogen-bond donors (Lipinski definition) is 1. The summed E-state index contributed by atoms with van der Waals surface area (Å²) in [5, 5.41) is 9.61. The summed E-state index contributed by atoms with van der Waals surface area (Å²) in [5.74, 6) is 0.460. The maximum Gasteiger partial charge on any atom is 0.232 e. The smallest absolute Gasteiger partial charge is 0.232 e. The lowest BCUT2D eigenvalue weighted by molar-refractivity contribution is 0.274. The van der Waals surface area contributed by atoms with E-state index in [9.17, 15) is 13.5 Å². The zero-order valence-electron chi connectivity index (χ0n) is 12.6. The Balaban J connectivity index is 2.52. The molecule has 0 aromatic heterocycles. The topological polar surface area (TPSA) is 66.8 Å². The van der Waals surface area contributed by atoms with E-state index in [-0.39, 0.29) is 13.2 Å². The fraction of sp³-hybridized carbons (Fsp3) is 0.250. The molecule has 0 saturated carbocycles. The first-order valence-corrected chi connectivity index (χ1v) is 8.60. The van der Waals surface area contributed by atoms with E-state index in [4.69, 9.17) is 4.74 Å². The van der Waals surface area contributed by atoms with Crippen molar-refractivity contribution in [3.8, 4) is 5.75 Å². The molecule has 0 amide bonds. The number of anilines is 1. The average molecular weight is 321 g/mol. The lowest BCUT2D eigenvalue weighted by atomic mass is 10.1. The molecule has 6 heteroatoms. The molecule has 0 atom stereocenters. The number of methoxy groups -OCH3 is 1. The largest absolute Gasteiger partial charge is 0.496 e. The molecule has 0 aliphatic heterocycles. The highest BCUT2D eigenvalue weighted by Crippen LogP contribution is 2.31. The van der Waals surface area contributed by atoms with Gasteiger partial charge in [0, 0.05) is 5.56 Å². The molecule has 0 saturated heterocycles. The summed E-state index contributed by atoms with van der Waals surface area (Å²) in [7, 11) is -2.02. The van der Waals surface area contributed by atoms with Gasteiger partial charge in [0.1, 0.15) is 5.75 Å². The first-order chi connectivity index (χ1) is 10.5. The van der Waals surface area contributed by atoms with Crippen LogP contribution in [0.25, 0.3) is 0 Å². The molecular weight excluding hydrogens is 302 g/mol. The lowest BCUT2D eigenvalue weighted by Crippen LogP contribution is -2.30. The highest BCUT2D eigenvalue weighted by Gasteiger charge is 2.22. The third kappa shape index (κ3) is 3.58. The van der Waals surface area contributed by atoms with Gasteiger partial charge in [0.15, 0.2) is 0 Å². The van der Waals surface area contributed by atoms with Crippen molar-refractivity contribution in [3.63, 3.8) is 0 Å². The van der Waals surface area contributed by atoms with Gasteiger partial charge in [-0.25, -0.2) is 8.42 Å². The third-order valence-corrected chi connectivity index (χ3v) is 4.45. The van der Waals surface area contributed by atoms with Gasteiger partial charge in [-0.2, -0.15) is 0 Å². The fourth-order valence-corrected chi connectivity index (χ4v) is 3.18. The van der Waals surface area contributed by atoms with Crippen LogP contribution < -0.4 is 9.04 Å². The molecule has 0 heterocycles. The monoisotopic (exact) mass is 321 g/mol. The van der Waals surface area contributed by atoms with Gasteiger partial charge < -0.3 is 9.84 Å². The van der Waals surface area contributed by atoms with E-state index in [1.54, 1.807) is 18.2 Å². The number of benzene rings is 2. The summed E-state index contributed by atoms with van der Waals surface area (Å²) in [6, 6.07) is 14.4. The van der Waals surface area contributed by atoms with Gasteiger partial charge in [0.2, 0.25) is 10.0 Å². The van der Waals surface area contributed by atoms with Crippen molar-refractivity contribution in [2.75, 3.05) is 17.7 Å². The highest BCUT2D eigenvalue weighted by molar-refractivity contribution is 7.92. The minimum absolute atomic E-state index is 0.194. The van der Waals surface area contributed by atoms with Crippen molar-refractivity contribution in [1.29, 1.82) is 0 Å². The maximum atomic E-state index is 12.2. The molecule has 0 fully saturated rings. The zero-order valence-corrected chi connectivity index (χ0v) is 13.4. The molecule has 0 unspecified atom stereocenters. The highest BCUT2D eigenvalue weighted by atomic mass is 32.2. The van der Waals surface area contributed by atoms with Gasteiger partial charge in [0.05, 0.1) is 32.2 Å². The van der Waals surface area contributed by atoms with Gasteiger partial charge >= 0.3 is 0 Å². The zero-order chi connectivity index (χ0) is 16.2. The Bertz CT molecular complexity index is 729. The molecule has 0 bridgehead atoms. The first-order valence-electron chi connectivity index (χ1n) is 6.75. The van der Waals surface area contributed by atoms with Crippen LogP contribution in [-0.4, -0.2) is 26.9 Å². The van der Waals surface area contributed by atoms with Gasteiger partial charge in [-0.3, -0.25) is 4.31 Å². The van der Waals surface area contributed by atoms with E-state index in [0.29, 0.717) is 17.0 Å². The Morgan fingerprint density at radius 2 is 1.77 bits per heavy atom. The van der Waals surface area contributed by atoms with Gasteiger partial charge in [0.25, 0.3) is 0 Å². The van der Waals surface area contributed by atoms with Crippen LogP contribution in [0.2, 0.25) is 0 Å². The number of hydrogen-bond acceptors (Lipinski definition) is 4. The molecule has 1 N–H and O–H groups in total. The second-order valence-corrected chi connectivity index (χ2v) is 6.78. The normalized spacial score (nSPS) is 11.2. The summed E-state index contributed by atoms with van der Waals surface area (Å²) in [5.41, 5.74) is 1.74. The van der Waals surface area contributed by atoms with Crippen LogP contribution in [0, 0.1) is 0 Å². The Morgan fingerprint density at radius 3 is 2.32 bits per heavy atom. The van der Waals surface area contributed by atoms with Crippen molar-refractivity contribution in [3.05, 3.63) is 59.7 Å². The van der Waals surface area contributed by atoms with E-state index < -0.39 is 10.0 Å². The molecular formula is C16H19NO4S. The van der Waals surface area contributed by atoms with Crippen LogP contribution in [0.5, 0.6) is 5.75 Å². The Hall–Kier alpha value is -2.05. The molecule has 118 valence electrons. The number of aliphatic hydroxyl groups is 1. The summed E-state index contributed by atoms with van der Waals surface area (Å²) >= 11 is 0. The molecule has 0 radical (unpaired) electrons. The van der Waals surface area contributed by atoms with E-state index >= 15 is 0 Å². The van der Waals surface area contributed by atoms with Crippen LogP contribution in [0.4, 0.5) is 5.69 Å². The number of rotatable bonds is 6. The molecule has 5 nitrogen and oxygen atoms in total. The van der Waals surface area contributed by atoms with Crippen LogP contribution in [0.3, 0.4) is 0 Å². The predicted molar refractivity (Wildman–Crippen MR) is 86.4 cm³/mol. The second kappa shape index (κ2) is 6.81. The molecule has 0 aliphatic rings. The Morgan fingerprint density at radius 1 is 1.09 bits per heavy atom. The molecule has 0 spiro atoms. The number of sulfonamides is 1. The number of aliphatic hydroxyl groups excluding tert-OH is 1. The minimum atomic E-state index is -3.51. The van der Waals surface area contributed by atoms with Gasteiger partial charge in [-0.05, 0) is 17.7 Å². The van der Waals surface area contributed by atoms with E-state index in [1.165, 1.54) is 11.4 Å². The Kier molecular flexibility index (Phi) is 5.05. The SMILES string of the molecule is COc1cccc(N(Cc2ccccc2)S(C)(=O)=O)c1CO. The quantitative estimate of drug-likeness (QED) is 0.885. The van der Waals surface area contributed by atoms with E-state index in [0.717, 1.165) is 11.8 Å². The maximum absolute atomic E-state index is 12.2. The van der Waals surface area contributed by atoms with Crippen molar-refractivity contribution >= 4 is 15.7 Å². The summed E-state index contributed by atoms with van der Waals surface area (Å²) in [4.78, 5) is 0. The van der Waals surface area contributed by atoms with Crippen LogP contribution in [0.15, 0.2) is 48.5 Å². The third-order valence-electron chi connectivity index (χ3n) is 3.32. The lowest BCUT2D eigenvalue weighted by Gasteiger charge is -2.25.